The minimum Gasteiger partial charge on any atom is -0.276 e. The number of carbonyl (C=O) groups is 1. The summed E-state index contributed by atoms with van der Waals surface area (Å²) < 4.78 is 1.74. The predicted molar refractivity (Wildman–Crippen MR) is 90.6 cm³/mol. The molecule has 0 unspecified atom stereocenters. The van der Waals surface area contributed by atoms with E-state index in [0.717, 1.165) is 21.8 Å². The van der Waals surface area contributed by atoms with E-state index in [4.69, 9.17) is 11.6 Å². The number of para-hydroxylation sites is 2. The van der Waals surface area contributed by atoms with Crippen molar-refractivity contribution in [3.63, 3.8) is 0 Å². The molecule has 0 N–H and O–H groups in total. The summed E-state index contributed by atoms with van der Waals surface area (Å²) in [4.78, 5) is 13.0. The molecule has 0 radical (unpaired) electrons. The first-order valence-corrected chi connectivity index (χ1v) is 7.42. The predicted octanol–water partition coefficient (Wildman–Crippen LogP) is 5.14. The lowest BCUT2D eigenvalue weighted by molar-refractivity contribution is 0.0969. The first-order valence-electron chi connectivity index (χ1n) is 7.05. The van der Waals surface area contributed by atoms with Gasteiger partial charge < -0.3 is 0 Å². The van der Waals surface area contributed by atoms with E-state index in [1.165, 1.54) is 0 Å². The number of hydrogen-bond acceptors (Lipinski definition) is 1. The Hall–Kier alpha value is -2.58. The second kappa shape index (κ2) is 5.00. The number of rotatable bonds is 1. The first kappa shape index (κ1) is 13.1. The molecule has 0 fully saturated rings. The van der Waals surface area contributed by atoms with Crippen molar-refractivity contribution in [1.29, 1.82) is 0 Å². The molecule has 0 atom stereocenters. The van der Waals surface area contributed by atoms with Crippen molar-refractivity contribution in [2.24, 2.45) is 0 Å². The molecule has 0 aliphatic carbocycles. The van der Waals surface area contributed by atoms with Crippen LogP contribution < -0.4 is 0 Å². The van der Waals surface area contributed by atoms with Crippen LogP contribution in [0.5, 0.6) is 0 Å². The number of carbonyl (C=O) groups excluding carboxylic acids is 1. The molecule has 0 saturated carbocycles. The molecule has 3 aromatic carbocycles. The average molecular weight is 306 g/mol. The number of hydrogen-bond donors (Lipinski definition) is 0. The van der Waals surface area contributed by atoms with Crippen molar-refractivity contribution in [2.75, 3.05) is 0 Å². The van der Waals surface area contributed by atoms with Gasteiger partial charge in [0.1, 0.15) is 0 Å². The topological polar surface area (TPSA) is 22.0 Å². The Balaban J connectivity index is 2.09. The molecular formula is C19H12ClNO. The lowest BCUT2D eigenvalue weighted by Gasteiger charge is -2.07. The fourth-order valence-corrected chi connectivity index (χ4v) is 3.11. The van der Waals surface area contributed by atoms with Gasteiger partial charge in [-0.1, -0.05) is 60.1 Å². The standard InChI is InChI=1S/C19H12ClNO/c20-16-10-4-1-9-15(16)19(22)21-17-11-5-2-7-13(17)14-8-3-6-12-18(14)21/h1-12H. The number of benzene rings is 3. The van der Waals surface area contributed by atoms with Gasteiger partial charge in [0.2, 0.25) is 0 Å². The van der Waals surface area contributed by atoms with Gasteiger partial charge in [-0.15, -0.1) is 0 Å². The zero-order valence-electron chi connectivity index (χ0n) is 11.7. The Labute approximate surface area is 132 Å². The van der Waals surface area contributed by atoms with Crippen LogP contribution in [0.4, 0.5) is 0 Å². The van der Waals surface area contributed by atoms with E-state index < -0.39 is 0 Å². The fourth-order valence-electron chi connectivity index (χ4n) is 2.90. The van der Waals surface area contributed by atoms with Gasteiger partial charge in [-0.2, -0.15) is 0 Å². The van der Waals surface area contributed by atoms with Crippen molar-refractivity contribution in [3.05, 3.63) is 83.4 Å². The van der Waals surface area contributed by atoms with Gasteiger partial charge in [-0.05, 0) is 24.3 Å². The zero-order valence-corrected chi connectivity index (χ0v) is 12.4. The highest BCUT2D eigenvalue weighted by molar-refractivity contribution is 6.34. The van der Waals surface area contributed by atoms with Crippen LogP contribution in [0, 0.1) is 0 Å². The minimum atomic E-state index is -0.108. The highest BCUT2D eigenvalue weighted by atomic mass is 35.5. The summed E-state index contributed by atoms with van der Waals surface area (Å²) in [5.74, 6) is -0.108. The first-order chi connectivity index (χ1) is 10.8. The number of nitrogens with zero attached hydrogens (tertiary/aromatic N) is 1. The summed E-state index contributed by atoms with van der Waals surface area (Å²) in [7, 11) is 0. The Morgan fingerprint density at radius 2 is 1.23 bits per heavy atom. The Bertz CT molecular complexity index is 963. The van der Waals surface area contributed by atoms with Crippen LogP contribution in [0.25, 0.3) is 21.8 Å². The number of halogens is 1. The summed E-state index contributed by atoms with van der Waals surface area (Å²) in [6, 6.07) is 23.0. The Morgan fingerprint density at radius 3 is 1.82 bits per heavy atom. The second-order valence-corrected chi connectivity index (χ2v) is 5.56. The normalized spacial score (nSPS) is 11.1. The maximum absolute atomic E-state index is 13.0. The van der Waals surface area contributed by atoms with Crippen molar-refractivity contribution >= 4 is 39.3 Å². The highest BCUT2D eigenvalue weighted by Crippen LogP contribution is 2.30. The van der Waals surface area contributed by atoms with Crippen LogP contribution in [0.15, 0.2) is 72.8 Å². The molecule has 4 aromatic rings. The Kier molecular flexibility index (Phi) is 2.98. The summed E-state index contributed by atoms with van der Waals surface area (Å²) in [6.45, 7) is 0. The molecule has 0 bridgehead atoms. The molecule has 0 spiro atoms. The largest absolute Gasteiger partial charge is 0.276 e. The summed E-state index contributed by atoms with van der Waals surface area (Å²) in [6.07, 6.45) is 0. The van der Waals surface area contributed by atoms with E-state index in [9.17, 15) is 4.79 Å². The highest BCUT2D eigenvalue weighted by Gasteiger charge is 2.18. The lowest BCUT2D eigenvalue weighted by Crippen LogP contribution is -2.12. The SMILES string of the molecule is O=C(c1ccccc1Cl)n1c2ccccc2c2ccccc21. The molecule has 0 amide bonds. The average Bonchev–Trinajstić information content (AvgIpc) is 2.89. The van der Waals surface area contributed by atoms with Crippen molar-refractivity contribution in [3.8, 4) is 0 Å². The van der Waals surface area contributed by atoms with Crippen LogP contribution >= 0.6 is 11.6 Å². The molecule has 0 saturated heterocycles. The van der Waals surface area contributed by atoms with E-state index in [-0.39, 0.29) is 5.91 Å². The van der Waals surface area contributed by atoms with Crippen LogP contribution in [-0.4, -0.2) is 10.5 Å². The quantitative estimate of drug-likeness (QED) is 0.477. The van der Waals surface area contributed by atoms with E-state index in [1.54, 1.807) is 16.7 Å². The van der Waals surface area contributed by atoms with Crippen molar-refractivity contribution in [1.82, 2.24) is 4.57 Å². The van der Waals surface area contributed by atoms with Crippen LogP contribution in [0.1, 0.15) is 10.4 Å². The van der Waals surface area contributed by atoms with Crippen LogP contribution in [0.2, 0.25) is 5.02 Å². The molecule has 106 valence electrons. The fraction of sp³-hybridized carbons (Fsp3) is 0. The molecule has 22 heavy (non-hydrogen) atoms. The molecule has 2 nitrogen and oxygen atoms in total. The van der Waals surface area contributed by atoms with Gasteiger partial charge in [0, 0.05) is 10.8 Å². The molecule has 4 rings (SSSR count). The number of fused-ring (bicyclic) bond motifs is 3. The molecule has 1 aromatic heterocycles. The lowest BCUT2D eigenvalue weighted by atomic mass is 10.2. The third-order valence-electron chi connectivity index (χ3n) is 3.89. The van der Waals surface area contributed by atoms with Gasteiger partial charge in [0.15, 0.2) is 0 Å². The van der Waals surface area contributed by atoms with E-state index in [1.807, 2.05) is 60.7 Å². The molecule has 0 aliphatic heterocycles. The number of aromatic nitrogens is 1. The second-order valence-electron chi connectivity index (χ2n) is 5.15. The smallest absolute Gasteiger partial charge is 0.264 e. The van der Waals surface area contributed by atoms with Gasteiger partial charge in [-0.3, -0.25) is 9.36 Å². The summed E-state index contributed by atoms with van der Waals surface area (Å²) >= 11 is 6.20. The third kappa shape index (κ3) is 1.85. The summed E-state index contributed by atoms with van der Waals surface area (Å²) in [5.41, 5.74) is 2.30. The summed E-state index contributed by atoms with van der Waals surface area (Å²) in [5, 5.41) is 2.60. The van der Waals surface area contributed by atoms with Crippen molar-refractivity contribution in [2.45, 2.75) is 0 Å². The van der Waals surface area contributed by atoms with E-state index in [0.29, 0.717) is 10.6 Å². The molecule has 3 heteroatoms. The minimum absolute atomic E-state index is 0.108. The van der Waals surface area contributed by atoms with Crippen LogP contribution in [0.3, 0.4) is 0 Å². The van der Waals surface area contributed by atoms with Gasteiger partial charge in [0.05, 0.1) is 21.6 Å². The van der Waals surface area contributed by atoms with Crippen molar-refractivity contribution < 1.29 is 4.79 Å². The zero-order chi connectivity index (χ0) is 15.1. The van der Waals surface area contributed by atoms with Gasteiger partial charge in [0.25, 0.3) is 5.91 Å². The molecule has 1 heterocycles. The van der Waals surface area contributed by atoms with Crippen LogP contribution in [-0.2, 0) is 0 Å². The van der Waals surface area contributed by atoms with Gasteiger partial charge in [-0.25, -0.2) is 0 Å². The third-order valence-corrected chi connectivity index (χ3v) is 4.22. The Morgan fingerprint density at radius 1 is 0.727 bits per heavy atom. The maximum atomic E-state index is 13.0. The monoisotopic (exact) mass is 305 g/mol. The maximum Gasteiger partial charge on any atom is 0.264 e. The van der Waals surface area contributed by atoms with E-state index >= 15 is 0 Å². The molecule has 0 aliphatic rings. The van der Waals surface area contributed by atoms with E-state index in [2.05, 4.69) is 0 Å². The molecular weight excluding hydrogens is 294 g/mol. The van der Waals surface area contributed by atoms with Gasteiger partial charge >= 0.3 is 0 Å².